The van der Waals surface area contributed by atoms with E-state index in [9.17, 15) is 9.59 Å². The molecule has 2 aromatic carbocycles. The van der Waals surface area contributed by atoms with Crippen molar-refractivity contribution >= 4 is 17.5 Å². The number of furan rings is 1. The van der Waals surface area contributed by atoms with Crippen LogP contribution in [0.4, 0.5) is 5.69 Å². The maximum absolute atomic E-state index is 13.1. The highest BCUT2D eigenvalue weighted by Crippen LogP contribution is 2.22. The van der Waals surface area contributed by atoms with E-state index >= 15 is 0 Å². The average molecular weight is 405 g/mol. The molecule has 0 fully saturated rings. The van der Waals surface area contributed by atoms with Gasteiger partial charge in [-0.3, -0.25) is 9.59 Å². The number of carbonyl (C=O) groups excluding carboxylic acids is 2. The summed E-state index contributed by atoms with van der Waals surface area (Å²) in [5.74, 6) is 0.184. The summed E-state index contributed by atoms with van der Waals surface area (Å²) in [6, 6.07) is 19.1. The first-order chi connectivity index (χ1) is 14.5. The molecule has 0 spiro atoms. The number of rotatable bonds is 8. The topological polar surface area (TPSA) is 53.8 Å². The summed E-state index contributed by atoms with van der Waals surface area (Å²) in [4.78, 5) is 28.8. The second-order valence-corrected chi connectivity index (χ2v) is 7.52. The third kappa shape index (κ3) is 5.38. The van der Waals surface area contributed by atoms with Crippen molar-refractivity contribution in [2.24, 2.45) is 0 Å². The standard InChI is InChI=1S/C25H28N2O3/c1-4-14-26(3)24(28)17-20-10-12-22(13-11-20)27(25(29)23-9-6-15-30-23)18-21-8-5-7-19(2)16-21/h5-13,15-16H,4,14,17-18H2,1-3H3. The van der Waals surface area contributed by atoms with E-state index in [-0.39, 0.29) is 11.8 Å². The van der Waals surface area contributed by atoms with Gasteiger partial charge in [-0.25, -0.2) is 0 Å². The fraction of sp³-hybridized carbons (Fsp3) is 0.280. The fourth-order valence-electron chi connectivity index (χ4n) is 3.37. The summed E-state index contributed by atoms with van der Waals surface area (Å²) in [6.07, 6.45) is 2.78. The van der Waals surface area contributed by atoms with Gasteiger partial charge >= 0.3 is 0 Å². The average Bonchev–Trinajstić information content (AvgIpc) is 3.27. The lowest BCUT2D eigenvalue weighted by Crippen LogP contribution is -2.30. The van der Waals surface area contributed by atoms with Crippen LogP contribution in [0.2, 0.25) is 0 Å². The number of nitrogens with zero attached hydrogens (tertiary/aromatic N) is 2. The molecule has 0 saturated heterocycles. The third-order valence-corrected chi connectivity index (χ3v) is 4.99. The molecule has 5 nitrogen and oxygen atoms in total. The minimum Gasteiger partial charge on any atom is -0.459 e. The van der Waals surface area contributed by atoms with E-state index < -0.39 is 0 Å². The number of benzene rings is 2. The van der Waals surface area contributed by atoms with Crippen LogP contribution in [0, 0.1) is 6.92 Å². The quantitative estimate of drug-likeness (QED) is 0.539. The Morgan fingerprint density at radius 1 is 0.967 bits per heavy atom. The van der Waals surface area contributed by atoms with Gasteiger partial charge in [0.1, 0.15) is 0 Å². The summed E-state index contributed by atoms with van der Waals surface area (Å²) in [6.45, 7) is 5.26. The SMILES string of the molecule is CCCN(C)C(=O)Cc1ccc(N(Cc2cccc(C)c2)C(=O)c2ccco2)cc1. The summed E-state index contributed by atoms with van der Waals surface area (Å²) in [7, 11) is 1.83. The Morgan fingerprint density at radius 2 is 1.73 bits per heavy atom. The van der Waals surface area contributed by atoms with Gasteiger partial charge in [0.25, 0.3) is 5.91 Å². The van der Waals surface area contributed by atoms with Gasteiger partial charge in [-0.15, -0.1) is 0 Å². The number of amides is 2. The van der Waals surface area contributed by atoms with E-state index in [1.54, 1.807) is 21.9 Å². The van der Waals surface area contributed by atoms with Gasteiger partial charge in [-0.2, -0.15) is 0 Å². The van der Waals surface area contributed by atoms with Crippen molar-refractivity contribution in [3.63, 3.8) is 0 Å². The Morgan fingerprint density at radius 3 is 2.37 bits per heavy atom. The fourth-order valence-corrected chi connectivity index (χ4v) is 3.37. The first-order valence-corrected chi connectivity index (χ1v) is 10.2. The van der Waals surface area contributed by atoms with Gasteiger partial charge in [0.05, 0.1) is 19.2 Å². The van der Waals surface area contributed by atoms with Crippen LogP contribution in [0.5, 0.6) is 0 Å². The normalized spacial score (nSPS) is 10.6. The van der Waals surface area contributed by atoms with Crippen LogP contribution in [0.25, 0.3) is 0 Å². The molecule has 5 heteroatoms. The van der Waals surface area contributed by atoms with Crippen molar-refractivity contribution in [1.29, 1.82) is 0 Å². The molecular weight excluding hydrogens is 376 g/mol. The zero-order valence-electron chi connectivity index (χ0n) is 17.8. The second kappa shape index (κ2) is 9.92. The molecule has 0 aliphatic rings. The molecule has 30 heavy (non-hydrogen) atoms. The Balaban J connectivity index is 1.82. The third-order valence-electron chi connectivity index (χ3n) is 4.99. The summed E-state index contributed by atoms with van der Waals surface area (Å²) >= 11 is 0. The lowest BCUT2D eigenvalue weighted by molar-refractivity contribution is -0.129. The molecular formula is C25H28N2O3. The number of carbonyl (C=O) groups is 2. The molecule has 1 aromatic heterocycles. The van der Waals surface area contributed by atoms with Gasteiger partial charge in [0.2, 0.25) is 5.91 Å². The highest BCUT2D eigenvalue weighted by Gasteiger charge is 2.21. The zero-order valence-corrected chi connectivity index (χ0v) is 17.8. The number of hydrogen-bond acceptors (Lipinski definition) is 3. The van der Waals surface area contributed by atoms with Gasteiger partial charge in [0.15, 0.2) is 5.76 Å². The Kier molecular flexibility index (Phi) is 7.07. The van der Waals surface area contributed by atoms with Crippen LogP contribution >= 0.6 is 0 Å². The minimum atomic E-state index is -0.201. The number of likely N-dealkylation sites (N-methyl/N-ethyl adjacent to an activating group) is 1. The minimum absolute atomic E-state index is 0.0906. The molecule has 0 aliphatic heterocycles. The number of hydrogen-bond donors (Lipinski definition) is 0. The number of anilines is 1. The predicted octanol–water partition coefficient (Wildman–Crippen LogP) is 4.85. The molecule has 3 aromatic rings. The molecule has 0 atom stereocenters. The summed E-state index contributed by atoms with van der Waals surface area (Å²) in [5, 5.41) is 0. The van der Waals surface area contributed by atoms with E-state index in [0.29, 0.717) is 18.7 Å². The van der Waals surface area contributed by atoms with Crippen LogP contribution in [-0.4, -0.2) is 30.3 Å². The molecule has 0 unspecified atom stereocenters. The van der Waals surface area contributed by atoms with Gasteiger partial charge in [-0.1, -0.05) is 48.9 Å². The Labute approximate surface area is 177 Å². The van der Waals surface area contributed by atoms with Crippen LogP contribution in [0.3, 0.4) is 0 Å². The van der Waals surface area contributed by atoms with E-state index in [4.69, 9.17) is 4.42 Å². The van der Waals surface area contributed by atoms with E-state index in [0.717, 1.165) is 35.3 Å². The molecule has 1 heterocycles. The van der Waals surface area contributed by atoms with Crippen molar-refractivity contribution in [3.8, 4) is 0 Å². The molecule has 156 valence electrons. The molecule has 0 N–H and O–H groups in total. The molecule has 0 saturated carbocycles. The monoisotopic (exact) mass is 404 g/mol. The highest BCUT2D eigenvalue weighted by atomic mass is 16.3. The van der Waals surface area contributed by atoms with Crippen LogP contribution in [-0.2, 0) is 17.8 Å². The lowest BCUT2D eigenvalue weighted by Gasteiger charge is -2.23. The van der Waals surface area contributed by atoms with Crippen molar-refractivity contribution in [2.45, 2.75) is 33.2 Å². The van der Waals surface area contributed by atoms with Gasteiger partial charge in [-0.05, 0) is 48.7 Å². The maximum Gasteiger partial charge on any atom is 0.294 e. The summed E-state index contributed by atoms with van der Waals surface area (Å²) < 4.78 is 5.34. The molecule has 0 bridgehead atoms. The maximum atomic E-state index is 13.1. The predicted molar refractivity (Wildman–Crippen MR) is 118 cm³/mol. The van der Waals surface area contributed by atoms with E-state index in [1.807, 2.05) is 56.4 Å². The molecule has 0 aliphatic carbocycles. The van der Waals surface area contributed by atoms with Crippen LogP contribution in [0.15, 0.2) is 71.3 Å². The van der Waals surface area contributed by atoms with Crippen molar-refractivity contribution in [1.82, 2.24) is 4.90 Å². The van der Waals surface area contributed by atoms with Crippen molar-refractivity contribution in [2.75, 3.05) is 18.5 Å². The lowest BCUT2D eigenvalue weighted by atomic mass is 10.1. The van der Waals surface area contributed by atoms with Crippen molar-refractivity contribution in [3.05, 3.63) is 89.4 Å². The summed E-state index contributed by atoms with van der Waals surface area (Å²) in [5.41, 5.74) is 3.86. The second-order valence-electron chi connectivity index (χ2n) is 7.52. The van der Waals surface area contributed by atoms with Crippen LogP contribution in [0.1, 0.15) is 40.6 Å². The smallest absolute Gasteiger partial charge is 0.294 e. The Hall–Kier alpha value is -3.34. The van der Waals surface area contributed by atoms with Crippen LogP contribution < -0.4 is 4.90 Å². The van der Waals surface area contributed by atoms with E-state index in [2.05, 4.69) is 13.0 Å². The molecule has 2 amide bonds. The van der Waals surface area contributed by atoms with Gasteiger partial charge in [0, 0.05) is 19.3 Å². The van der Waals surface area contributed by atoms with Gasteiger partial charge < -0.3 is 14.2 Å². The largest absolute Gasteiger partial charge is 0.459 e. The highest BCUT2D eigenvalue weighted by molar-refractivity contribution is 6.04. The number of aryl methyl sites for hydroxylation is 1. The molecule has 3 rings (SSSR count). The zero-order chi connectivity index (χ0) is 21.5. The van der Waals surface area contributed by atoms with E-state index in [1.165, 1.54) is 6.26 Å². The molecule has 0 radical (unpaired) electrons. The first-order valence-electron chi connectivity index (χ1n) is 10.2. The van der Waals surface area contributed by atoms with Crippen molar-refractivity contribution < 1.29 is 14.0 Å². The Bertz CT molecular complexity index is 978. The first kappa shape index (κ1) is 21.4.